The van der Waals surface area contributed by atoms with Crippen molar-refractivity contribution in [1.29, 1.82) is 0 Å². The molecular formula is C19H19F2NO3S. The number of nitrogens with one attached hydrogen (secondary N) is 1. The van der Waals surface area contributed by atoms with Crippen molar-refractivity contribution in [2.75, 3.05) is 19.1 Å². The SMILES string of the molecule is CC(C)(CNC(=O)CSc1ccc(F)c(F)c1)c1ccc2c(c1)OCO2. The summed E-state index contributed by atoms with van der Waals surface area (Å²) in [7, 11) is 0. The van der Waals surface area contributed by atoms with Gasteiger partial charge in [-0.05, 0) is 35.9 Å². The van der Waals surface area contributed by atoms with Crippen molar-refractivity contribution < 1.29 is 23.0 Å². The number of fused-ring (bicyclic) bond motifs is 1. The van der Waals surface area contributed by atoms with Gasteiger partial charge in [-0.2, -0.15) is 0 Å². The first-order valence-corrected chi connectivity index (χ1v) is 9.08. The van der Waals surface area contributed by atoms with E-state index < -0.39 is 11.6 Å². The zero-order valence-electron chi connectivity index (χ0n) is 14.5. The first kappa shape index (κ1) is 18.5. The zero-order valence-corrected chi connectivity index (χ0v) is 15.3. The molecule has 2 aromatic carbocycles. The second-order valence-corrected chi connectivity index (χ2v) is 7.64. The molecule has 1 amide bonds. The van der Waals surface area contributed by atoms with E-state index in [1.165, 1.54) is 6.07 Å². The molecule has 1 aliphatic heterocycles. The van der Waals surface area contributed by atoms with E-state index in [0.717, 1.165) is 35.2 Å². The van der Waals surface area contributed by atoms with Crippen LogP contribution in [0.15, 0.2) is 41.3 Å². The van der Waals surface area contributed by atoms with Gasteiger partial charge < -0.3 is 14.8 Å². The van der Waals surface area contributed by atoms with Crippen LogP contribution in [0.4, 0.5) is 8.78 Å². The van der Waals surface area contributed by atoms with Crippen molar-refractivity contribution >= 4 is 17.7 Å². The molecule has 1 heterocycles. The number of thioether (sulfide) groups is 1. The van der Waals surface area contributed by atoms with Gasteiger partial charge in [-0.25, -0.2) is 8.78 Å². The average molecular weight is 379 g/mol. The Hall–Kier alpha value is -2.28. The van der Waals surface area contributed by atoms with E-state index in [1.54, 1.807) is 0 Å². The van der Waals surface area contributed by atoms with Crippen molar-refractivity contribution in [1.82, 2.24) is 5.32 Å². The Balaban J connectivity index is 1.53. The number of rotatable bonds is 6. The second-order valence-electron chi connectivity index (χ2n) is 6.59. The maximum absolute atomic E-state index is 13.2. The van der Waals surface area contributed by atoms with Gasteiger partial charge in [0.1, 0.15) is 0 Å². The Morgan fingerprint density at radius 2 is 1.88 bits per heavy atom. The quantitative estimate of drug-likeness (QED) is 0.774. The molecule has 7 heteroatoms. The molecular weight excluding hydrogens is 360 g/mol. The van der Waals surface area contributed by atoms with E-state index in [-0.39, 0.29) is 23.9 Å². The number of carbonyl (C=O) groups is 1. The fourth-order valence-electron chi connectivity index (χ4n) is 2.51. The lowest BCUT2D eigenvalue weighted by molar-refractivity contribution is -0.118. The minimum absolute atomic E-state index is 0.127. The Bertz CT molecular complexity index is 826. The Morgan fingerprint density at radius 1 is 1.12 bits per heavy atom. The van der Waals surface area contributed by atoms with Gasteiger partial charge in [0.05, 0.1) is 5.75 Å². The first-order valence-electron chi connectivity index (χ1n) is 8.10. The predicted octanol–water partition coefficient (Wildman–Crippen LogP) is 3.88. The Labute approximate surface area is 154 Å². The van der Waals surface area contributed by atoms with Gasteiger partial charge >= 0.3 is 0 Å². The van der Waals surface area contributed by atoms with Gasteiger partial charge in [0, 0.05) is 16.9 Å². The topological polar surface area (TPSA) is 47.6 Å². The number of hydrogen-bond acceptors (Lipinski definition) is 4. The molecule has 0 saturated carbocycles. The van der Waals surface area contributed by atoms with Crippen LogP contribution in [0, 0.1) is 11.6 Å². The van der Waals surface area contributed by atoms with Crippen LogP contribution >= 0.6 is 11.8 Å². The third-order valence-electron chi connectivity index (χ3n) is 4.14. The van der Waals surface area contributed by atoms with E-state index in [1.807, 2.05) is 32.0 Å². The van der Waals surface area contributed by atoms with Crippen LogP contribution in [0.2, 0.25) is 0 Å². The molecule has 3 rings (SSSR count). The van der Waals surface area contributed by atoms with Crippen LogP contribution in [0.1, 0.15) is 19.4 Å². The number of ether oxygens (including phenoxy) is 2. The molecule has 0 aromatic heterocycles. The van der Waals surface area contributed by atoms with Crippen LogP contribution in [-0.4, -0.2) is 25.0 Å². The molecule has 0 aliphatic carbocycles. The summed E-state index contributed by atoms with van der Waals surface area (Å²) in [4.78, 5) is 12.6. The lowest BCUT2D eigenvalue weighted by Gasteiger charge is -2.26. The highest BCUT2D eigenvalue weighted by Gasteiger charge is 2.24. The van der Waals surface area contributed by atoms with Gasteiger partial charge in [-0.1, -0.05) is 19.9 Å². The molecule has 1 N–H and O–H groups in total. The molecule has 1 aliphatic rings. The Morgan fingerprint density at radius 3 is 2.65 bits per heavy atom. The van der Waals surface area contributed by atoms with Crippen LogP contribution in [0.25, 0.3) is 0 Å². The van der Waals surface area contributed by atoms with E-state index in [4.69, 9.17) is 9.47 Å². The summed E-state index contributed by atoms with van der Waals surface area (Å²) in [6.07, 6.45) is 0. The summed E-state index contributed by atoms with van der Waals surface area (Å²) in [5, 5.41) is 2.89. The summed E-state index contributed by atoms with van der Waals surface area (Å²) >= 11 is 1.16. The number of halogens is 2. The minimum atomic E-state index is -0.917. The van der Waals surface area contributed by atoms with Crippen LogP contribution in [-0.2, 0) is 10.2 Å². The summed E-state index contributed by atoms with van der Waals surface area (Å²) in [5.41, 5.74) is 0.721. The Kier molecular flexibility index (Phi) is 5.36. The number of carbonyl (C=O) groups excluding carboxylic acids is 1. The van der Waals surface area contributed by atoms with Crippen molar-refractivity contribution in [3.05, 3.63) is 53.6 Å². The molecule has 0 saturated heterocycles. The van der Waals surface area contributed by atoms with Gasteiger partial charge in [0.25, 0.3) is 0 Å². The number of benzene rings is 2. The van der Waals surface area contributed by atoms with Crippen molar-refractivity contribution in [3.63, 3.8) is 0 Å². The van der Waals surface area contributed by atoms with E-state index in [2.05, 4.69) is 5.32 Å². The van der Waals surface area contributed by atoms with Crippen molar-refractivity contribution in [3.8, 4) is 11.5 Å². The van der Waals surface area contributed by atoms with E-state index in [9.17, 15) is 13.6 Å². The number of hydrogen-bond donors (Lipinski definition) is 1. The highest BCUT2D eigenvalue weighted by atomic mass is 32.2. The van der Waals surface area contributed by atoms with Gasteiger partial charge in [0.15, 0.2) is 23.1 Å². The molecule has 0 fully saturated rings. The first-order chi connectivity index (χ1) is 12.3. The van der Waals surface area contributed by atoms with Gasteiger partial charge in [-0.15, -0.1) is 11.8 Å². The smallest absolute Gasteiger partial charge is 0.231 e. The molecule has 0 radical (unpaired) electrons. The van der Waals surface area contributed by atoms with Crippen LogP contribution < -0.4 is 14.8 Å². The largest absolute Gasteiger partial charge is 0.454 e. The standard InChI is InChI=1S/C19H19F2NO3S/c1-19(2,12-3-6-16-17(7-12)25-11-24-16)10-22-18(23)9-26-13-4-5-14(20)15(21)8-13/h3-8H,9-11H2,1-2H3,(H,22,23). The predicted molar refractivity (Wildman–Crippen MR) is 95.7 cm³/mol. The normalized spacial score (nSPS) is 12.9. The molecule has 2 aromatic rings. The van der Waals surface area contributed by atoms with Crippen LogP contribution in [0.3, 0.4) is 0 Å². The third kappa shape index (κ3) is 4.27. The van der Waals surface area contributed by atoms with Gasteiger partial charge in [-0.3, -0.25) is 4.79 Å². The maximum Gasteiger partial charge on any atom is 0.231 e. The number of amides is 1. The molecule has 26 heavy (non-hydrogen) atoms. The highest BCUT2D eigenvalue weighted by molar-refractivity contribution is 8.00. The molecule has 0 unspecified atom stereocenters. The molecule has 0 spiro atoms. The van der Waals surface area contributed by atoms with Crippen LogP contribution in [0.5, 0.6) is 11.5 Å². The highest BCUT2D eigenvalue weighted by Crippen LogP contribution is 2.36. The molecule has 0 atom stereocenters. The van der Waals surface area contributed by atoms with E-state index in [0.29, 0.717) is 17.2 Å². The lowest BCUT2D eigenvalue weighted by Crippen LogP contribution is -2.37. The monoisotopic (exact) mass is 379 g/mol. The fourth-order valence-corrected chi connectivity index (χ4v) is 3.26. The molecule has 0 bridgehead atoms. The summed E-state index contributed by atoms with van der Waals surface area (Å²) < 4.78 is 36.8. The van der Waals surface area contributed by atoms with E-state index >= 15 is 0 Å². The zero-order chi connectivity index (χ0) is 18.7. The maximum atomic E-state index is 13.2. The summed E-state index contributed by atoms with van der Waals surface area (Å²) in [6, 6.07) is 9.33. The van der Waals surface area contributed by atoms with Crippen molar-refractivity contribution in [2.45, 2.75) is 24.2 Å². The summed E-state index contributed by atoms with van der Waals surface area (Å²) in [6.45, 7) is 4.70. The fraction of sp³-hybridized carbons (Fsp3) is 0.316. The molecule has 138 valence electrons. The second kappa shape index (κ2) is 7.53. The lowest BCUT2D eigenvalue weighted by atomic mass is 9.84. The van der Waals surface area contributed by atoms with Crippen molar-refractivity contribution in [2.24, 2.45) is 0 Å². The minimum Gasteiger partial charge on any atom is -0.454 e. The average Bonchev–Trinajstić information content (AvgIpc) is 3.09. The third-order valence-corrected chi connectivity index (χ3v) is 5.14. The molecule has 4 nitrogen and oxygen atoms in total. The summed E-state index contributed by atoms with van der Waals surface area (Å²) in [5.74, 6) is -0.438. The van der Waals surface area contributed by atoms with Gasteiger partial charge in [0.2, 0.25) is 12.7 Å².